The summed E-state index contributed by atoms with van der Waals surface area (Å²) in [5.41, 5.74) is 9.65. The molecule has 0 fully saturated rings. The Morgan fingerprint density at radius 2 is 1.81 bits per heavy atom. The van der Waals surface area contributed by atoms with Gasteiger partial charge in [0.25, 0.3) is 0 Å². The van der Waals surface area contributed by atoms with Crippen molar-refractivity contribution in [3.63, 3.8) is 0 Å². The summed E-state index contributed by atoms with van der Waals surface area (Å²) in [4.78, 5) is 2.17. The minimum Gasteiger partial charge on any atom is -0.459 e. The Bertz CT molecular complexity index is 715. The third kappa shape index (κ3) is 2.78. The molecule has 1 heterocycles. The summed E-state index contributed by atoms with van der Waals surface area (Å²) >= 11 is 0. The highest BCUT2D eigenvalue weighted by Gasteiger charge is 2.15. The summed E-state index contributed by atoms with van der Waals surface area (Å²) in [7, 11) is 2.06. The van der Waals surface area contributed by atoms with Gasteiger partial charge in [0, 0.05) is 24.7 Å². The topological polar surface area (TPSA) is 42.4 Å². The monoisotopic (exact) mass is 280 g/mol. The van der Waals surface area contributed by atoms with Gasteiger partial charge in [0.2, 0.25) is 0 Å². The van der Waals surface area contributed by atoms with Crippen LogP contribution >= 0.6 is 0 Å². The summed E-state index contributed by atoms with van der Waals surface area (Å²) in [5, 5.41) is 1.10. The molecule has 2 aromatic carbocycles. The van der Waals surface area contributed by atoms with Crippen LogP contribution in [0.15, 0.2) is 59.0 Å². The first-order valence-corrected chi connectivity index (χ1v) is 7.16. The smallest absolute Gasteiger partial charge is 0.134 e. The highest BCUT2D eigenvalue weighted by Crippen LogP contribution is 2.25. The normalized spacial score (nSPS) is 12.5. The maximum atomic E-state index is 6.31. The molecule has 108 valence electrons. The largest absolute Gasteiger partial charge is 0.459 e. The first kappa shape index (κ1) is 13.7. The van der Waals surface area contributed by atoms with Gasteiger partial charge in [-0.15, -0.1) is 0 Å². The predicted molar refractivity (Wildman–Crippen MR) is 87.6 cm³/mol. The maximum absolute atomic E-state index is 6.31. The molecule has 0 aliphatic carbocycles. The van der Waals surface area contributed by atoms with E-state index in [0.29, 0.717) is 6.54 Å². The first-order valence-electron chi connectivity index (χ1n) is 7.16. The minimum absolute atomic E-state index is 0.151. The van der Waals surface area contributed by atoms with Crippen LogP contribution in [0, 0.1) is 6.92 Å². The van der Waals surface area contributed by atoms with Gasteiger partial charge in [-0.2, -0.15) is 0 Å². The number of likely N-dealkylation sites (N-methyl/N-ethyl adjacent to an activating group) is 1. The van der Waals surface area contributed by atoms with Crippen LogP contribution in [-0.4, -0.2) is 13.6 Å². The van der Waals surface area contributed by atoms with Crippen molar-refractivity contribution in [2.75, 3.05) is 18.5 Å². The number of aryl methyl sites for hydroxylation is 1. The Morgan fingerprint density at radius 3 is 2.57 bits per heavy atom. The van der Waals surface area contributed by atoms with E-state index < -0.39 is 0 Å². The number of hydrogen-bond donors (Lipinski definition) is 1. The molecule has 0 radical (unpaired) electrons. The van der Waals surface area contributed by atoms with E-state index in [0.717, 1.165) is 16.7 Å². The van der Waals surface area contributed by atoms with Crippen molar-refractivity contribution in [2.24, 2.45) is 5.73 Å². The molecule has 3 aromatic rings. The lowest BCUT2D eigenvalue weighted by molar-refractivity contribution is 0.495. The molecule has 0 saturated carbocycles. The molecule has 3 nitrogen and oxygen atoms in total. The molecule has 21 heavy (non-hydrogen) atoms. The Kier molecular flexibility index (Phi) is 3.67. The van der Waals surface area contributed by atoms with Crippen LogP contribution in [0.5, 0.6) is 0 Å². The molecule has 0 saturated heterocycles. The van der Waals surface area contributed by atoms with Gasteiger partial charge in [-0.25, -0.2) is 0 Å². The second-order valence-electron chi connectivity index (χ2n) is 5.46. The number of fused-ring (bicyclic) bond motifs is 1. The van der Waals surface area contributed by atoms with Crippen LogP contribution in [0.3, 0.4) is 0 Å². The van der Waals surface area contributed by atoms with Crippen molar-refractivity contribution in [3.05, 3.63) is 65.9 Å². The van der Waals surface area contributed by atoms with Crippen molar-refractivity contribution in [1.82, 2.24) is 0 Å². The Labute approximate surface area is 125 Å². The average molecular weight is 280 g/mol. The number of nitrogens with two attached hydrogens (primary N) is 1. The van der Waals surface area contributed by atoms with E-state index in [1.54, 1.807) is 0 Å². The molecule has 1 unspecified atom stereocenters. The zero-order valence-corrected chi connectivity index (χ0v) is 12.4. The van der Waals surface area contributed by atoms with Crippen LogP contribution < -0.4 is 10.6 Å². The molecule has 0 aliphatic rings. The standard InChI is InChI=1S/C18H20N2O/c1-13-7-3-5-9-16(13)20(2)12-15(19)18-11-14-8-4-6-10-17(14)21-18/h3-11,15H,12,19H2,1-2H3. The van der Waals surface area contributed by atoms with E-state index >= 15 is 0 Å². The molecule has 1 atom stereocenters. The highest BCUT2D eigenvalue weighted by atomic mass is 16.3. The summed E-state index contributed by atoms with van der Waals surface area (Å²) < 4.78 is 5.85. The SMILES string of the molecule is Cc1ccccc1N(C)CC(N)c1cc2ccccc2o1. The molecule has 3 heteroatoms. The molecular formula is C18H20N2O. The average Bonchev–Trinajstić information content (AvgIpc) is 2.91. The number of hydrogen-bond acceptors (Lipinski definition) is 3. The lowest BCUT2D eigenvalue weighted by Crippen LogP contribution is -2.29. The number of nitrogens with zero attached hydrogens (tertiary/aromatic N) is 1. The highest BCUT2D eigenvalue weighted by molar-refractivity contribution is 5.77. The molecule has 0 amide bonds. The lowest BCUT2D eigenvalue weighted by Gasteiger charge is -2.24. The number of rotatable bonds is 4. The van der Waals surface area contributed by atoms with Crippen molar-refractivity contribution in [3.8, 4) is 0 Å². The predicted octanol–water partition coefficient (Wildman–Crippen LogP) is 3.88. The second-order valence-corrected chi connectivity index (χ2v) is 5.46. The van der Waals surface area contributed by atoms with Gasteiger partial charge >= 0.3 is 0 Å². The van der Waals surface area contributed by atoms with Crippen LogP contribution in [0.2, 0.25) is 0 Å². The quantitative estimate of drug-likeness (QED) is 0.788. The molecule has 3 rings (SSSR count). The van der Waals surface area contributed by atoms with Crippen molar-refractivity contribution in [2.45, 2.75) is 13.0 Å². The summed E-state index contributed by atoms with van der Waals surface area (Å²) in [6, 6.07) is 18.2. The van der Waals surface area contributed by atoms with Gasteiger partial charge in [-0.3, -0.25) is 0 Å². The first-order chi connectivity index (χ1) is 10.1. The summed E-state index contributed by atoms with van der Waals surface area (Å²) in [6.45, 7) is 2.82. The van der Waals surface area contributed by atoms with E-state index in [1.165, 1.54) is 11.3 Å². The van der Waals surface area contributed by atoms with Gasteiger partial charge in [-0.05, 0) is 30.7 Å². The van der Waals surface area contributed by atoms with E-state index in [4.69, 9.17) is 10.2 Å². The van der Waals surface area contributed by atoms with E-state index in [9.17, 15) is 0 Å². The van der Waals surface area contributed by atoms with Gasteiger partial charge in [0.1, 0.15) is 11.3 Å². The number of furan rings is 1. The Balaban J connectivity index is 1.79. The van der Waals surface area contributed by atoms with Crippen molar-refractivity contribution < 1.29 is 4.42 Å². The third-order valence-corrected chi connectivity index (χ3v) is 3.81. The van der Waals surface area contributed by atoms with E-state index in [1.807, 2.05) is 42.5 Å². The Morgan fingerprint density at radius 1 is 1.10 bits per heavy atom. The zero-order chi connectivity index (χ0) is 14.8. The maximum Gasteiger partial charge on any atom is 0.134 e. The molecule has 0 aliphatic heterocycles. The van der Waals surface area contributed by atoms with Crippen LogP contribution in [0.25, 0.3) is 11.0 Å². The van der Waals surface area contributed by atoms with Crippen molar-refractivity contribution in [1.29, 1.82) is 0 Å². The molecule has 0 spiro atoms. The van der Waals surface area contributed by atoms with Gasteiger partial charge < -0.3 is 15.1 Å². The fourth-order valence-corrected chi connectivity index (χ4v) is 2.66. The van der Waals surface area contributed by atoms with Gasteiger partial charge in [-0.1, -0.05) is 36.4 Å². The molecule has 0 bridgehead atoms. The van der Waals surface area contributed by atoms with Gasteiger partial charge in [0.15, 0.2) is 0 Å². The fraction of sp³-hybridized carbons (Fsp3) is 0.222. The Hall–Kier alpha value is -2.26. The minimum atomic E-state index is -0.151. The molecular weight excluding hydrogens is 260 g/mol. The second kappa shape index (κ2) is 5.62. The van der Waals surface area contributed by atoms with Crippen molar-refractivity contribution >= 4 is 16.7 Å². The number of benzene rings is 2. The van der Waals surface area contributed by atoms with Crippen LogP contribution in [0.1, 0.15) is 17.4 Å². The van der Waals surface area contributed by atoms with E-state index in [-0.39, 0.29) is 6.04 Å². The van der Waals surface area contributed by atoms with Gasteiger partial charge in [0.05, 0.1) is 6.04 Å². The van der Waals surface area contributed by atoms with Crippen LogP contribution in [-0.2, 0) is 0 Å². The zero-order valence-electron chi connectivity index (χ0n) is 12.4. The summed E-state index contributed by atoms with van der Waals surface area (Å²) in [5.74, 6) is 0.830. The number of anilines is 1. The molecule has 2 N–H and O–H groups in total. The molecule has 1 aromatic heterocycles. The lowest BCUT2D eigenvalue weighted by atomic mass is 10.1. The summed E-state index contributed by atoms with van der Waals surface area (Å²) in [6.07, 6.45) is 0. The van der Waals surface area contributed by atoms with Crippen LogP contribution in [0.4, 0.5) is 5.69 Å². The fourth-order valence-electron chi connectivity index (χ4n) is 2.66. The third-order valence-electron chi connectivity index (χ3n) is 3.81. The van der Waals surface area contributed by atoms with E-state index in [2.05, 4.69) is 31.0 Å². The number of para-hydroxylation sites is 2.